The van der Waals surface area contributed by atoms with Crippen molar-refractivity contribution >= 4 is 27.3 Å². The summed E-state index contributed by atoms with van der Waals surface area (Å²) in [4.78, 5) is 26.6. The maximum atomic E-state index is 12.2. The Labute approximate surface area is 150 Å². The van der Waals surface area contributed by atoms with Crippen molar-refractivity contribution in [1.29, 1.82) is 0 Å². The van der Waals surface area contributed by atoms with Gasteiger partial charge in [-0.3, -0.25) is 24.2 Å². The topological polar surface area (TPSA) is 123 Å². The number of nitrogens with zero attached hydrogens (tertiary/aromatic N) is 3. The van der Waals surface area contributed by atoms with Gasteiger partial charge in [0.05, 0.1) is 29.1 Å². The van der Waals surface area contributed by atoms with E-state index in [-0.39, 0.29) is 17.9 Å². The molecule has 0 unspecified atom stereocenters. The third-order valence-electron chi connectivity index (χ3n) is 3.55. The summed E-state index contributed by atoms with van der Waals surface area (Å²) in [5, 5.41) is 13.6. The quantitative estimate of drug-likeness (QED) is 0.574. The molecule has 1 N–H and O–H groups in total. The fourth-order valence-electron chi connectivity index (χ4n) is 2.24. The number of nitro benzene ring substituents is 1. The molecule has 2 rings (SSSR count). The Morgan fingerprint density at radius 1 is 1.31 bits per heavy atom. The number of amides is 1. The molecule has 26 heavy (non-hydrogen) atoms. The largest absolute Gasteiger partial charge is 0.349 e. The molecule has 0 bridgehead atoms. The van der Waals surface area contributed by atoms with Gasteiger partial charge in [0, 0.05) is 18.3 Å². The fourth-order valence-corrected chi connectivity index (χ4v) is 3.15. The third kappa shape index (κ3) is 4.99. The van der Waals surface area contributed by atoms with Gasteiger partial charge in [0.25, 0.3) is 5.69 Å². The SMILES string of the molecule is Cc1ccc([N+](=O)[O-])cc1N(CC(=O)NCc1ccccn1)S(C)(=O)=O. The molecular weight excluding hydrogens is 360 g/mol. The van der Waals surface area contributed by atoms with Gasteiger partial charge in [0.2, 0.25) is 15.9 Å². The zero-order chi connectivity index (χ0) is 19.3. The highest BCUT2D eigenvalue weighted by Crippen LogP contribution is 2.27. The first-order valence-electron chi connectivity index (χ1n) is 7.58. The first kappa shape index (κ1) is 19.3. The molecule has 1 heterocycles. The number of hydrogen-bond acceptors (Lipinski definition) is 6. The van der Waals surface area contributed by atoms with Gasteiger partial charge < -0.3 is 5.32 Å². The maximum absolute atomic E-state index is 12.2. The Balaban J connectivity index is 2.22. The summed E-state index contributed by atoms with van der Waals surface area (Å²) in [6.45, 7) is 1.27. The Morgan fingerprint density at radius 3 is 2.62 bits per heavy atom. The molecule has 1 aromatic carbocycles. The van der Waals surface area contributed by atoms with Crippen LogP contribution in [0.1, 0.15) is 11.3 Å². The van der Waals surface area contributed by atoms with Gasteiger partial charge in [-0.05, 0) is 24.6 Å². The molecule has 0 aliphatic carbocycles. The first-order chi connectivity index (χ1) is 12.2. The molecular formula is C16H18N4O5S. The number of benzene rings is 1. The van der Waals surface area contributed by atoms with Crippen molar-refractivity contribution in [2.75, 3.05) is 17.1 Å². The van der Waals surface area contributed by atoms with Crippen LogP contribution in [0.25, 0.3) is 0 Å². The van der Waals surface area contributed by atoms with Gasteiger partial charge in [-0.25, -0.2) is 8.42 Å². The van der Waals surface area contributed by atoms with Crippen LogP contribution in [0.4, 0.5) is 11.4 Å². The average Bonchev–Trinajstić information content (AvgIpc) is 2.58. The lowest BCUT2D eigenvalue weighted by Gasteiger charge is -2.23. The van der Waals surface area contributed by atoms with E-state index in [0.717, 1.165) is 16.6 Å². The summed E-state index contributed by atoms with van der Waals surface area (Å²) in [6, 6.07) is 9.09. The van der Waals surface area contributed by atoms with E-state index in [4.69, 9.17) is 0 Å². The van der Waals surface area contributed by atoms with Crippen molar-refractivity contribution < 1.29 is 18.1 Å². The predicted molar refractivity (Wildman–Crippen MR) is 96.1 cm³/mol. The normalized spacial score (nSPS) is 11.0. The number of aryl methyl sites for hydroxylation is 1. The van der Waals surface area contributed by atoms with Crippen LogP contribution in [0.15, 0.2) is 42.6 Å². The second kappa shape index (κ2) is 7.91. The van der Waals surface area contributed by atoms with Crippen molar-refractivity contribution in [3.8, 4) is 0 Å². The summed E-state index contributed by atoms with van der Waals surface area (Å²) in [5.74, 6) is -0.549. The molecule has 9 nitrogen and oxygen atoms in total. The van der Waals surface area contributed by atoms with Gasteiger partial charge in [-0.15, -0.1) is 0 Å². The molecule has 0 radical (unpaired) electrons. The zero-order valence-electron chi connectivity index (χ0n) is 14.2. The molecule has 0 saturated carbocycles. The fraction of sp³-hybridized carbons (Fsp3) is 0.250. The molecule has 0 spiro atoms. The Kier molecular flexibility index (Phi) is 5.88. The zero-order valence-corrected chi connectivity index (χ0v) is 15.1. The monoisotopic (exact) mass is 378 g/mol. The Hall–Kier alpha value is -3.01. The van der Waals surface area contributed by atoms with Gasteiger partial charge in [-0.1, -0.05) is 12.1 Å². The summed E-state index contributed by atoms with van der Waals surface area (Å²) < 4.78 is 25.1. The number of anilines is 1. The standard InChI is InChI=1S/C16H18N4O5S/c1-12-6-7-14(20(22)23)9-15(12)19(26(2,24)25)11-16(21)18-10-13-5-3-4-8-17-13/h3-9H,10-11H2,1-2H3,(H,18,21). The molecule has 0 aliphatic heterocycles. The number of sulfonamides is 1. The number of rotatable bonds is 7. The molecule has 2 aromatic rings. The van der Waals surface area contributed by atoms with Crippen LogP contribution < -0.4 is 9.62 Å². The average molecular weight is 378 g/mol. The third-order valence-corrected chi connectivity index (χ3v) is 4.68. The molecule has 1 aromatic heterocycles. The number of nitrogens with one attached hydrogen (secondary N) is 1. The number of aromatic nitrogens is 1. The van der Waals surface area contributed by atoms with E-state index in [1.165, 1.54) is 12.1 Å². The van der Waals surface area contributed by atoms with Crippen LogP contribution >= 0.6 is 0 Å². The van der Waals surface area contributed by atoms with Gasteiger partial charge in [0.1, 0.15) is 6.54 Å². The van der Waals surface area contributed by atoms with Gasteiger partial charge in [-0.2, -0.15) is 0 Å². The molecule has 0 fully saturated rings. The number of non-ortho nitro benzene ring substituents is 1. The van der Waals surface area contributed by atoms with Crippen molar-refractivity contribution in [2.45, 2.75) is 13.5 Å². The van der Waals surface area contributed by atoms with E-state index in [0.29, 0.717) is 11.3 Å². The first-order valence-corrected chi connectivity index (χ1v) is 9.42. The lowest BCUT2D eigenvalue weighted by molar-refractivity contribution is -0.384. The second-order valence-electron chi connectivity index (χ2n) is 5.60. The van der Waals surface area contributed by atoms with E-state index < -0.39 is 27.4 Å². The van der Waals surface area contributed by atoms with Crippen molar-refractivity contribution in [3.05, 3.63) is 64.0 Å². The number of pyridine rings is 1. The molecule has 1 amide bonds. The van der Waals surface area contributed by atoms with Crippen LogP contribution in [0.5, 0.6) is 0 Å². The second-order valence-corrected chi connectivity index (χ2v) is 7.50. The Morgan fingerprint density at radius 2 is 2.04 bits per heavy atom. The van der Waals surface area contributed by atoms with Crippen LogP contribution in [0.2, 0.25) is 0 Å². The highest BCUT2D eigenvalue weighted by atomic mass is 32.2. The number of carbonyl (C=O) groups excluding carboxylic acids is 1. The maximum Gasteiger partial charge on any atom is 0.271 e. The summed E-state index contributed by atoms with van der Waals surface area (Å²) in [6.07, 6.45) is 2.52. The van der Waals surface area contributed by atoms with Crippen LogP contribution in [0, 0.1) is 17.0 Å². The highest BCUT2D eigenvalue weighted by molar-refractivity contribution is 7.92. The van der Waals surface area contributed by atoms with Crippen molar-refractivity contribution in [1.82, 2.24) is 10.3 Å². The van der Waals surface area contributed by atoms with E-state index in [9.17, 15) is 23.3 Å². The minimum Gasteiger partial charge on any atom is -0.349 e. The summed E-state index contributed by atoms with van der Waals surface area (Å²) in [5.41, 5.74) is 0.958. The van der Waals surface area contributed by atoms with E-state index >= 15 is 0 Å². The van der Waals surface area contributed by atoms with Crippen LogP contribution in [-0.4, -0.2) is 37.0 Å². The van der Waals surface area contributed by atoms with Crippen molar-refractivity contribution in [2.24, 2.45) is 0 Å². The highest BCUT2D eigenvalue weighted by Gasteiger charge is 2.24. The van der Waals surface area contributed by atoms with Crippen LogP contribution in [0.3, 0.4) is 0 Å². The predicted octanol–water partition coefficient (Wildman–Crippen LogP) is 1.38. The summed E-state index contributed by atoms with van der Waals surface area (Å²) >= 11 is 0. The minimum atomic E-state index is -3.83. The van der Waals surface area contributed by atoms with Gasteiger partial charge >= 0.3 is 0 Å². The van der Waals surface area contributed by atoms with E-state index in [1.54, 1.807) is 31.3 Å². The van der Waals surface area contributed by atoms with Crippen LogP contribution in [-0.2, 0) is 21.4 Å². The number of nitro groups is 1. The van der Waals surface area contributed by atoms with E-state index in [1.807, 2.05) is 0 Å². The Bertz CT molecular complexity index is 915. The molecule has 0 atom stereocenters. The smallest absolute Gasteiger partial charge is 0.271 e. The lowest BCUT2D eigenvalue weighted by atomic mass is 10.2. The molecule has 0 saturated heterocycles. The number of carbonyl (C=O) groups is 1. The molecule has 138 valence electrons. The van der Waals surface area contributed by atoms with Crippen molar-refractivity contribution in [3.63, 3.8) is 0 Å². The lowest BCUT2D eigenvalue weighted by Crippen LogP contribution is -2.40. The van der Waals surface area contributed by atoms with E-state index in [2.05, 4.69) is 10.3 Å². The van der Waals surface area contributed by atoms with Gasteiger partial charge in [0.15, 0.2) is 0 Å². The molecule has 0 aliphatic rings. The number of hydrogen-bond donors (Lipinski definition) is 1. The molecule has 10 heteroatoms. The summed E-state index contributed by atoms with van der Waals surface area (Å²) in [7, 11) is -3.83. The minimum absolute atomic E-state index is 0.0923.